The lowest BCUT2D eigenvalue weighted by atomic mass is 10.1. The van der Waals surface area contributed by atoms with E-state index in [0.29, 0.717) is 6.61 Å². The molecule has 20 heavy (non-hydrogen) atoms. The maximum absolute atomic E-state index is 5.83. The average molecular weight is 273 g/mol. The van der Waals surface area contributed by atoms with Gasteiger partial charge in [-0.15, -0.1) is 0 Å². The van der Waals surface area contributed by atoms with Crippen molar-refractivity contribution in [3.05, 3.63) is 53.0 Å². The Morgan fingerprint density at radius 1 is 1.10 bits per heavy atom. The van der Waals surface area contributed by atoms with Gasteiger partial charge in [0.2, 0.25) is 0 Å². The highest BCUT2D eigenvalue weighted by molar-refractivity contribution is 5.38. The van der Waals surface area contributed by atoms with Crippen molar-refractivity contribution in [3.8, 4) is 5.75 Å². The average Bonchev–Trinajstić information content (AvgIpc) is 2.89. The monoisotopic (exact) mass is 273 g/mol. The zero-order valence-corrected chi connectivity index (χ0v) is 12.5. The minimum atomic E-state index is 0.470. The van der Waals surface area contributed by atoms with Crippen LogP contribution in [0.15, 0.2) is 34.7 Å². The molecule has 0 spiro atoms. The quantitative estimate of drug-likeness (QED) is 0.775. The number of aryl methyl sites for hydroxylation is 1. The number of hydrogen-bond acceptors (Lipinski definition) is 3. The third-order valence-electron chi connectivity index (χ3n) is 3.37. The SMILES string of the molecule is CCCNCc1ccc(COc2cccc(C)c2C)o1. The minimum absolute atomic E-state index is 0.470. The van der Waals surface area contributed by atoms with Gasteiger partial charge in [0.1, 0.15) is 23.9 Å². The Bertz CT molecular complexity index is 546. The van der Waals surface area contributed by atoms with Gasteiger partial charge in [0, 0.05) is 0 Å². The molecule has 0 aliphatic rings. The molecule has 0 fully saturated rings. The Labute approximate surface area is 121 Å². The lowest BCUT2D eigenvalue weighted by Crippen LogP contribution is -2.13. The predicted octanol–water partition coefficient (Wildman–Crippen LogP) is 3.98. The van der Waals surface area contributed by atoms with Crippen LogP contribution < -0.4 is 10.1 Å². The summed E-state index contributed by atoms with van der Waals surface area (Å²) in [6.07, 6.45) is 1.13. The first-order valence-corrected chi connectivity index (χ1v) is 7.18. The summed E-state index contributed by atoms with van der Waals surface area (Å²) >= 11 is 0. The largest absolute Gasteiger partial charge is 0.485 e. The van der Waals surface area contributed by atoms with E-state index in [9.17, 15) is 0 Å². The smallest absolute Gasteiger partial charge is 0.146 e. The Kier molecular flexibility index (Phi) is 5.24. The highest BCUT2D eigenvalue weighted by Crippen LogP contribution is 2.22. The summed E-state index contributed by atoms with van der Waals surface area (Å²) in [6.45, 7) is 8.57. The van der Waals surface area contributed by atoms with Crippen molar-refractivity contribution in [2.45, 2.75) is 40.3 Å². The number of rotatable bonds is 7. The summed E-state index contributed by atoms with van der Waals surface area (Å²) < 4.78 is 11.6. The van der Waals surface area contributed by atoms with Crippen LogP contribution in [0, 0.1) is 13.8 Å². The highest BCUT2D eigenvalue weighted by atomic mass is 16.5. The van der Waals surface area contributed by atoms with Crippen molar-refractivity contribution in [2.24, 2.45) is 0 Å². The van der Waals surface area contributed by atoms with Crippen molar-refractivity contribution in [1.29, 1.82) is 0 Å². The van der Waals surface area contributed by atoms with Crippen LogP contribution in [-0.2, 0) is 13.2 Å². The van der Waals surface area contributed by atoms with E-state index in [0.717, 1.165) is 36.8 Å². The molecule has 1 aromatic heterocycles. The van der Waals surface area contributed by atoms with Crippen LogP contribution >= 0.6 is 0 Å². The number of nitrogens with one attached hydrogen (secondary N) is 1. The van der Waals surface area contributed by atoms with Crippen LogP contribution in [0.5, 0.6) is 5.75 Å². The van der Waals surface area contributed by atoms with Crippen LogP contribution in [-0.4, -0.2) is 6.54 Å². The zero-order chi connectivity index (χ0) is 14.4. The molecule has 0 aliphatic heterocycles. The number of hydrogen-bond donors (Lipinski definition) is 1. The van der Waals surface area contributed by atoms with E-state index in [1.807, 2.05) is 24.3 Å². The fourth-order valence-corrected chi connectivity index (χ4v) is 2.01. The van der Waals surface area contributed by atoms with Gasteiger partial charge in [0.15, 0.2) is 0 Å². The highest BCUT2D eigenvalue weighted by Gasteiger charge is 2.05. The van der Waals surface area contributed by atoms with E-state index in [4.69, 9.17) is 9.15 Å². The summed E-state index contributed by atoms with van der Waals surface area (Å²) in [5.74, 6) is 2.74. The molecule has 0 amide bonds. The molecule has 2 aromatic rings. The van der Waals surface area contributed by atoms with Crippen molar-refractivity contribution < 1.29 is 9.15 Å². The lowest BCUT2D eigenvalue weighted by molar-refractivity contribution is 0.263. The van der Waals surface area contributed by atoms with E-state index in [1.54, 1.807) is 0 Å². The molecule has 108 valence electrons. The second-order valence-electron chi connectivity index (χ2n) is 5.03. The molecule has 0 aliphatic carbocycles. The second-order valence-corrected chi connectivity index (χ2v) is 5.03. The summed E-state index contributed by atoms with van der Waals surface area (Å²) in [5.41, 5.74) is 2.43. The summed E-state index contributed by atoms with van der Waals surface area (Å²) in [5, 5.41) is 3.32. The van der Waals surface area contributed by atoms with Crippen molar-refractivity contribution in [3.63, 3.8) is 0 Å². The van der Waals surface area contributed by atoms with Gasteiger partial charge < -0.3 is 14.5 Å². The maximum Gasteiger partial charge on any atom is 0.146 e. The van der Waals surface area contributed by atoms with E-state index in [2.05, 4.69) is 32.2 Å². The number of benzene rings is 1. The van der Waals surface area contributed by atoms with E-state index in [1.165, 1.54) is 11.1 Å². The first-order valence-electron chi connectivity index (χ1n) is 7.18. The normalized spacial score (nSPS) is 10.8. The Morgan fingerprint density at radius 3 is 2.70 bits per heavy atom. The Balaban J connectivity index is 1.89. The third kappa shape index (κ3) is 3.87. The maximum atomic E-state index is 5.83. The molecule has 1 aromatic carbocycles. The predicted molar refractivity (Wildman–Crippen MR) is 81.0 cm³/mol. The van der Waals surface area contributed by atoms with E-state index >= 15 is 0 Å². The molecule has 0 atom stereocenters. The molecule has 3 heteroatoms. The van der Waals surface area contributed by atoms with Gasteiger partial charge in [-0.3, -0.25) is 0 Å². The van der Waals surface area contributed by atoms with Gasteiger partial charge in [-0.1, -0.05) is 19.1 Å². The molecular weight excluding hydrogens is 250 g/mol. The molecule has 0 saturated carbocycles. The zero-order valence-electron chi connectivity index (χ0n) is 12.5. The van der Waals surface area contributed by atoms with Crippen LogP contribution in [0.25, 0.3) is 0 Å². The van der Waals surface area contributed by atoms with Gasteiger partial charge in [0.25, 0.3) is 0 Å². The molecule has 0 bridgehead atoms. The first kappa shape index (κ1) is 14.7. The standard InChI is InChI=1S/C17H23NO2/c1-4-10-18-11-15-8-9-16(20-15)12-19-17-7-5-6-13(2)14(17)3/h5-9,18H,4,10-12H2,1-3H3. The molecule has 1 heterocycles. The van der Waals surface area contributed by atoms with Crippen LogP contribution in [0.1, 0.15) is 36.0 Å². The second kappa shape index (κ2) is 7.15. The van der Waals surface area contributed by atoms with Crippen LogP contribution in [0.4, 0.5) is 0 Å². The number of ether oxygens (including phenoxy) is 1. The summed E-state index contributed by atoms with van der Waals surface area (Å²) in [6, 6.07) is 10.1. The molecule has 1 N–H and O–H groups in total. The molecular formula is C17H23NO2. The first-order chi connectivity index (χ1) is 9.70. The topological polar surface area (TPSA) is 34.4 Å². The lowest BCUT2D eigenvalue weighted by Gasteiger charge is -2.09. The Hall–Kier alpha value is -1.74. The molecule has 3 nitrogen and oxygen atoms in total. The van der Waals surface area contributed by atoms with E-state index < -0.39 is 0 Å². The fourth-order valence-electron chi connectivity index (χ4n) is 2.01. The van der Waals surface area contributed by atoms with Crippen molar-refractivity contribution in [1.82, 2.24) is 5.32 Å². The summed E-state index contributed by atoms with van der Waals surface area (Å²) in [4.78, 5) is 0. The molecule has 2 rings (SSSR count). The van der Waals surface area contributed by atoms with Crippen LogP contribution in [0.3, 0.4) is 0 Å². The molecule has 0 unspecified atom stereocenters. The number of furan rings is 1. The minimum Gasteiger partial charge on any atom is -0.485 e. The van der Waals surface area contributed by atoms with Gasteiger partial charge in [-0.2, -0.15) is 0 Å². The molecule has 0 saturated heterocycles. The van der Waals surface area contributed by atoms with Crippen molar-refractivity contribution in [2.75, 3.05) is 6.54 Å². The van der Waals surface area contributed by atoms with E-state index in [-0.39, 0.29) is 0 Å². The molecule has 0 radical (unpaired) electrons. The Morgan fingerprint density at radius 2 is 1.90 bits per heavy atom. The van der Waals surface area contributed by atoms with Gasteiger partial charge >= 0.3 is 0 Å². The van der Waals surface area contributed by atoms with Crippen molar-refractivity contribution >= 4 is 0 Å². The van der Waals surface area contributed by atoms with Crippen LogP contribution in [0.2, 0.25) is 0 Å². The van der Waals surface area contributed by atoms with Gasteiger partial charge in [-0.25, -0.2) is 0 Å². The summed E-state index contributed by atoms with van der Waals surface area (Å²) in [7, 11) is 0. The van der Waals surface area contributed by atoms with Gasteiger partial charge in [-0.05, 0) is 56.1 Å². The third-order valence-corrected chi connectivity index (χ3v) is 3.37. The van der Waals surface area contributed by atoms with Gasteiger partial charge in [0.05, 0.1) is 6.54 Å². The fraction of sp³-hybridized carbons (Fsp3) is 0.412.